The summed E-state index contributed by atoms with van der Waals surface area (Å²) in [5.41, 5.74) is 0. The largest absolute Gasteiger partial charge is 0.335 e. The Kier molecular flexibility index (Phi) is 3.33. The second kappa shape index (κ2) is 5.01. The van der Waals surface area contributed by atoms with E-state index >= 15 is 0 Å². The van der Waals surface area contributed by atoms with E-state index in [1.165, 1.54) is 0 Å². The van der Waals surface area contributed by atoms with Crippen LogP contribution in [0, 0.1) is 0 Å². The van der Waals surface area contributed by atoms with Crippen LogP contribution in [0.15, 0.2) is 6.07 Å². The summed E-state index contributed by atoms with van der Waals surface area (Å²) in [6, 6.07) is 1.22. The van der Waals surface area contributed by atoms with Crippen molar-refractivity contribution < 1.29 is 9.59 Å². The molecule has 1 aromatic heterocycles. The molecule has 106 valence electrons. The molecule has 2 amide bonds. The number of hydrogen-bond acceptors (Lipinski definition) is 5. The number of carbonyl (C=O) groups is 2. The van der Waals surface area contributed by atoms with E-state index in [2.05, 4.69) is 15.3 Å². The first kappa shape index (κ1) is 13.3. The molecule has 1 aromatic rings. The maximum absolute atomic E-state index is 11.9. The van der Waals surface area contributed by atoms with Crippen molar-refractivity contribution >= 4 is 29.2 Å². The van der Waals surface area contributed by atoms with Crippen LogP contribution in [0.1, 0.15) is 37.9 Å². The maximum atomic E-state index is 11.9. The predicted molar refractivity (Wildman–Crippen MR) is 73.6 cm³/mol. The molecule has 20 heavy (non-hydrogen) atoms. The Morgan fingerprint density at radius 2 is 2.15 bits per heavy atom. The van der Waals surface area contributed by atoms with E-state index in [4.69, 9.17) is 11.6 Å². The lowest BCUT2D eigenvalue weighted by molar-refractivity contribution is -0.132. The van der Waals surface area contributed by atoms with Crippen LogP contribution in [0.4, 0.5) is 5.82 Å². The van der Waals surface area contributed by atoms with Gasteiger partial charge in [-0.15, -0.1) is 0 Å². The van der Waals surface area contributed by atoms with Gasteiger partial charge in [-0.3, -0.25) is 14.9 Å². The van der Waals surface area contributed by atoms with Gasteiger partial charge in [-0.05, 0) is 19.3 Å². The van der Waals surface area contributed by atoms with Crippen LogP contribution >= 0.6 is 11.6 Å². The molecule has 0 aromatic carbocycles. The van der Waals surface area contributed by atoms with Gasteiger partial charge in [0.15, 0.2) is 0 Å². The highest BCUT2D eigenvalue weighted by Gasteiger charge is 2.34. The van der Waals surface area contributed by atoms with Crippen molar-refractivity contribution in [2.24, 2.45) is 0 Å². The highest BCUT2D eigenvalue weighted by Crippen LogP contribution is 2.39. The van der Waals surface area contributed by atoms with Crippen molar-refractivity contribution in [3.63, 3.8) is 0 Å². The van der Waals surface area contributed by atoms with E-state index in [0.29, 0.717) is 29.1 Å². The highest BCUT2D eigenvalue weighted by atomic mass is 35.5. The van der Waals surface area contributed by atoms with Crippen molar-refractivity contribution in [2.75, 3.05) is 11.4 Å². The molecular formula is C13H15ClN4O2. The monoisotopic (exact) mass is 294 g/mol. The van der Waals surface area contributed by atoms with Crippen LogP contribution < -0.4 is 10.2 Å². The lowest BCUT2D eigenvalue weighted by Gasteiger charge is -2.34. The molecule has 7 heteroatoms. The number of carbonyl (C=O) groups excluding carboxylic acids is 2. The Hall–Kier alpha value is -1.69. The minimum absolute atomic E-state index is 0.113. The summed E-state index contributed by atoms with van der Waals surface area (Å²) in [7, 11) is 0. The van der Waals surface area contributed by atoms with Crippen molar-refractivity contribution in [2.45, 2.75) is 38.1 Å². The van der Waals surface area contributed by atoms with Gasteiger partial charge in [0, 0.05) is 12.0 Å². The topological polar surface area (TPSA) is 75.2 Å². The van der Waals surface area contributed by atoms with Crippen LogP contribution in [0.2, 0.25) is 5.15 Å². The van der Waals surface area contributed by atoms with Gasteiger partial charge in [-0.1, -0.05) is 18.5 Å². The fourth-order valence-electron chi connectivity index (χ4n) is 2.41. The molecule has 0 bridgehead atoms. The van der Waals surface area contributed by atoms with Crippen molar-refractivity contribution in [3.05, 3.63) is 17.0 Å². The van der Waals surface area contributed by atoms with Crippen molar-refractivity contribution in [3.8, 4) is 0 Å². The van der Waals surface area contributed by atoms with E-state index in [1.807, 2.05) is 6.92 Å². The molecule has 1 atom stereocenters. The number of anilines is 1. The average molecular weight is 295 g/mol. The van der Waals surface area contributed by atoms with Crippen molar-refractivity contribution in [1.82, 2.24) is 15.3 Å². The molecule has 1 aliphatic heterocycles. The Morgan fingerprint density at radius 3 is 2.80 bits per heavy atom. The van der Waals surface area contributed by atoms with Crippen LogP contribution in [0.25, 0.3) is 0 Å². The first-order valence-electron chi connectivity index (χ1n) is 6.73. The molecule has 6 nitrogen and oxygen atoms in total. The SMILES string of the molecule is CCC1C(=O)NC(=O)CN1c1cc(Cl)nc(C2CC2)n1. The zero-order valence-electron chi connectivity index (χ0n) is 11.1. The molecule has 0 spiro atoms. The standard InChI is InChI=1S/C13H15ClN4O2/c1-2-8-13(20)17-11(19)6-18(8)10-5-9(14)15-12(16-10)7-3-4-7/h5,7-8H,2-4,6H2,1H3,(H,17,19,20). The van der Waals surface area contributed by atoms with Gasteiger partial charge in [0.2, 0.25) is 11.8 Å². The first-order valence-corrected chi connectivity index (χ1v) is 7.11. The van der Waals surface area contributed by atoms with Crippen molar-refractivity contribution in [1.29, 1.82) is 0 Å². The Labute approximate surface area is 121 Å². The molecule has 2 aliphatic rings. The third kappa shape index (κ3) is 2.47. The zero-order chi connectivity index (χ0) is 14.3. The normalized spacial score (nSPS) is 22.9. The Morgan fingerprint density at radius 1 is 1.40 bits per heavy atom. The summed E-state index contributed by atoms with van der Waals surface area (Å²) in [5, 5.41) is 2.70. The summed E-state index contributed by atoms with van der Waals surface area (Å²) in [6.07, 6.45) is 2.73. The molecule has 3 rings (SSSR count). The molecule has 2 fully saturated rings. The number of hydrogen-bond donors (Lipinski definition) is 1. The van der Waals surface area contributed by atoms with Crippen LogP contribution in [0.3, 0.4) is 0 Å². The van der Waals surface area contributed by atoms with E-state index in [0.717, 1.165) is 12.8 Å². The quantitative estimate of drug-likeness (QED) is 0.671. The van der Waals surface area contributed by atoms with E-state index in [-0.39, 0.29) is 18.4 Å². The van der Waals surface area contributed by atoms with E-state index < -0.39 is 6.04 Å². The fraction of sp³-hybridized carbons (Fsp3) is 0.538. The van der Waals surface area contributed by atoms with Gasteiger partial charge in [0.25, 0.3) is 0 Å². The van der Waals surface area contributed by atoms with Gasteiger partial charge in [0.1, 0.15) is 22.8 Å². The smallest absolute Gasteiger partial charge is 0.249 e. The minimum atomic E-state index is -0.397. The van der Waals surface area contributed by atoms with Gasteiger partial charge >= 0.3 is 0 Å². The maximum Gasteiger partial charge on any atom is 0.249 e. The van der Waals surface area contributed by atoms with Gasteiger partial charge in [-0.25, -0.2) is 9.97 Å². The summed E-state index contributed by atoms with van der Waals surface area (Å²) in [6.45, 7) is 2.01. The number of nitrogens with zero attached hydrogens (tertiary/aromatic N) is 3. The molecule has 1 saturated carbocycles. The summed E-state index contributed by atoms with van der Waals surface area (Å²) < 4.78 is 0. The minimum Gasteiger partial charge on any atom is -0.335 e. The molecule has 1 N–H and O–H groups in total. The third-order valence-electron chi connectivity index (χ3n) is 3.58. The van der Waals surface area contributed by atoms with Gasteiger partial charge < -0.3 is 4.90 Å². The second-order valence-electron chi connectivity index (χ2n) is 5.15. The number of aromatic nitrogens is 2. The highest BCUT2D eigenvalue weighted by molar-refractivity contribution is 6.29. The Balaban J connectivity index is 1.96. The number of imide groups is 1. The van der Waals surface area contributed by atoms with E-state index in [1.54, 1.807) is 11.0 Å². The molecule has 1 saturated heterocycles. The lowest BCUT2D eigenvalue weighted by atomic mass is 10.1. The van der Waals surface area contributed by atoms with Crippen LogP contribution in [0.5, 0.6) is 0 Å². The number of amides is 2. The first-order chi connectivity index (χ1) is 9.58. The summed E-state index contributed by atoms with van der Waals surface area (Å²) in [4.78, 5) is 33.9. The molecule has 1 aliphatic carbocycles. The average Bonchev–Trinajstić information content (AvgIpc) is 3.21. The van der Waals surface area contributed by atoms with Gasteiger partial charge in [0.05, 0.1) is 6.54 Å². The summed E-state index contributed by atoms with van der Waals surface area (Å²) >= 11 is 6.04. The van der Waals surface area contributed by atoms with Crippen LogP contribution in [-0.4, -0.2) is 34.4 Å². The molecular weight excluding hydrogens is 280 g/mol. The molecule has 1 unspecified atom stereocenters. The third-order valence-corrected chi connectivity index (χ3v) is 3.77. The lowest BCUT2D eigenvalue weighted by Crippen LogP contribution is -2.58. The Bertz CT molecular complexity index is 573. The predicted octanol–water partition coefficient (Wildman–Crippen LogP) is 1.25. The van der Waals surface area contributed by atoms with Crippen LogP contribution in [-0.2, 0) is 9.59 Å². The summed E-state index contributed by atoms with van der Waals surface area (Å²) in [5.74, 6) is 1.03. The fourth-order valence-corrected chi connectivity index (χ4v) is 2.59. The molecule has 2 heterocycles. The zero-order valence-corrected chi connectivity index (χ0v) is 11.9. The van der Waals surface area contributed by atoms with Gasteiger partial charge in [-0.2, -0.15) is 0 Å². The van der Waals surface area contributed by atoms with E-state index in [9.17, 15) is 9.59 Å². The molecule has 0 radical (unpaired) electrons. The number of nitrogens with one attached hydrogen (secondary N) is 1. The number of rotatable bonds is 3. The number of halogens is 1. The second-order valence-corrected chi connectivity index (χ2v) is 5.53. The number of piperazine rings is 1.